The Labute approximate surface area is 166 Å². The molecular formula is C24H26O4. The van der Waals surface area contributed by atoms with Gasteiger partial charge in [0.25, 0.3) is 0 Å². The van der Waals surface area contributed by atoms with Crippen molar-refractivity contribution in [1.82, 2.24) is 0 Å². The van der Waals surface area contributed by atoms with E-state index in [4.69, 9.17) is 18.9 Å². The fourth-order valence-corrected chi connectivity index (χ4v) is 2.96. The molecule has 0 aliphatic carbocycles. The molecule has 0 fully saturated rings. The summed E-state index contributed by atoms with van der Waals surface area (Å²) in [6, 6.07) is 24.1. The molecule has 0 heterocycles. The number of methoxy groups -OCH3 is 2. The van der Waals surface area contributed by atoms with E-state index in [-0.39, 0.29) is 0 Å². The first-order chi connectivity index (χ1) is 13.8. The maximum Gasteiger partial charge on any atom is 0.125 e. The van der Waals surface area contributed by atoms with E-state index < -0.39 is 0 Å². The Morgan fingerprint density at radius 1 is 0.536 bits per heavy atom. The number of hydrogen-bond donors (Lipinski definition) is 0. The lowest BCUT2D eigenvalue weighted by Crippen LogP contribution is -2.02. The van der Waals surface area contributed by atoms with Gasteiger partial charge in [0.05, 0.1) is 40.6 Å². The summed E-state index contributed by atoms with van der Waals surface area (Å²) in [6.45, 7) is 1.99. The fourth-order valence-electron chi connectivity index (χ4n) is 2.96. The molecule has 0 saturated heterocycles. The summed E-state index contributed by atoms with van der Waals surface area (Å²) in [4.78, 5) is 0. The highest BCUT2D eigenvalue weighted by Gasteiger charge is 2.12. The van der Waals surface area contributed by atoms with E-state index in [1.54, 1.807) is 14.2 Å². The van der Waals surface area contributed by atoms with Crippen molar-refractivity contribution in [3.8, 4) is 11.5 Å². The normalized spacial score (nSPS) is 10.6. The topological polar surface area (TPSA) is 36.9 Å². The van der Waals surface area contributed by atoms with Gasteiger partial charge >= 0.3 is 0 Å². The molecule has 0 radical (unpaired) electrons. The van der Waals surface area contributed by atoms with Gasteiger partial charge in [0.2, 0.25) is 0 Å². The van der Waals surface area contributed by atoms with E-state index in [2.05, 4.69) is 0 Å². The van der Waals surface area contributed by atoms with Gasteiger partial charge < -0.3 is 18.9 Å². The molecule has 0 aromatic heterocycles. The first-order valence-corrected chi connectivity index (χ1v) is 9.27. The molecule has 146 valence electrons. The molecule has 0 aliphatic heterocycles. The molecule has 4 nitrogen and oxygen atoms in total. The highest BCUT2D eigenvalue weighted by atomic mass is 16.5. The van der Waals surface area contributed by atoms with Gasteiger partial charge in [-0.3, -0.25) is 0 Å². The predicted octanol–water partition coefficient (Wildman–Crippen LogP) is 5.14. The average Bonchev–Trinajstić information content (AvgIpc) is 2.75. The third-order valence-corrected chi connectivity index (χ3v) is 4.42. The number of ether oxygens (including phenoxy) is 4. The van der Waals surface area contributed by atoms with Crippen LogP contribution in [-0.4, -0.2) is 14.2 Å². The monoisotopic (exact) mass is 378 g/mol. The smallest absolute Gasteiger partial charge is 0.125 e. The van der Waals surface area contributed by atoms with Crippen LogP contribution < -0.4 is 9.47 Å². The van der Waals surface area contributed by atoms with Gasteiger partial charge in [-0.2, -0.15) is 0 Å². The summed E-state index contributed by atoms with van der Waals surface area (Å²) < 4.78 is 22.8. The van der Waals surface area contributed by atoms with Crippen molar-refractivity contribution in [2.75, 3.05) is 14.2 Å². The lowest BCUT2D eigenvalue weighted by molar-refractivity contribution is 0.102. The molecule has 0 bridgehead atoms. The molecule has 4 heteroatoms. The first kappa shape index (κ1) is 19.9. The van der Waals surface area contributed by atoms with E-state index in [9.17, 15) is 0 Å². The second kappa shape index (κ2) is 10.5. The van der Waals surface area contributed by atoms with Crippen molar-refractivity contribution in [2.45, 2.75) is 26.4 Å². The maximum atomic E-state index is 5.86. The summed E-state index contributed by atoms with van der Waals surface area (Å²) in [5, 5.41) is 0. The summed E-state index contributed by atoms with van der Waals surface area (Å²) >= 11 is 0. The summed E-state index contributed by atoms with van der Waals surface area (Å²) in [5.74, 6) is 1.54. The van der Waals surface area contributed by atoms with Crippen molar-refractivity contribution in [2.24, 2.45) is 0 Å². The second-order valence-corrected chi connectivity index (χ2v) is 6.43. The van der Waals surface area contributed by atoms with Gasteiger partial charge in [-0.25, -0.2) is 0 Å². The van der Waals surface area contributed by atoms with Crippen LogP contribution in [0.5, 0.6) is 11.5 Å². The van der Waals surface area contributed by atoms with Crippen LogP contribution in [0.15, 0.2) is 72.8 Å². The van der Waals surface area contributed by atoms with Crippen LogP contribution in [-0.2, 0) is 35.9 Å². The number of rotatable bonds is 10. The van der Waals surface area contributed by atoms with Crippen molar-refractivity contribution >= 4 is 0 Å². The standard InChI is InChI=1S/C24H26O4/c1-25-23-13-22(18-28-16-20-11-7-4-8-12-20)24(26-2)14-21(23)17-27-15-19-9-5-3-6-10-19/h3-14H,15-18H2,1-2H3. The molecule has 0 N–H and O–H groups in total. The van der Waals surface area contributed by atoms with E-state index in [1.165, 1.54) is 0 Å². The van der Waals surface area contributed by atoms with Crippen molar-refractivity contribution in [1.29, 1.82) is 0 Å². The van der Waals surface area contributed by atoms with Gasteiger partial charge in [-0.1, -0.05) is 60.7 Å². The predicted molar refractivity (Wildman–Crippen MR) is 109 cm³/mol. The molecule has 0 spiro atoms. The van der Waals surface area contributed by atoms with Crippen LogP contribution in [0.4, 0.5) is 0 Å². The molecule has 3 rings (SSSR count). The maximum absolute atomic E-state index is 5.86. The van der Waals surface area contributed by atoms with E-state index in [0.29, 0.717) is 26.4 Å². The highest BCUT2D eigenvalue weighted by Crippen LogP contribution is 2.30. The van der Waals surface area contributed by atoms with E-state index in [0.717, 1.165) is 33.8 Å². The van der Waals surface area contributed by atoms with Gasteiger partial charge in [-0.05, 0) is 23.3 Å². The third kappa shape index (κ3) is 5.59. The molecule has 28 heavy (non-hydrogen) atoms. The van der Waals surface area contributed by atoms with Crippen LogP contribution >= 0.6 is 0 Å². The van der Waals surface area contributed by atoms with Crippen LogP contribution in [0.1, 0.15) is 22.3 Å². The largest absolute Gasteiger partial charge is 0.496 e. The summed E-state index contributed by atoms with van der Waals surface area (Å²) in [7, 11) is 3.33. The lowest BCUT2D eigenvalue weighted by atomic mass is 10.1. The third-order valence-electron chi connectivity index (χ3n) is 4.42. The lowest BCUT2D eigenvalue weighted by Gasteiger charge is -2.15. The van der Waals surface area contributed by atoms with Crippen LogP contribution in [0, 0.1) is 0 Å². The Morgan fingerprint density at radius 3 is 1.29 bits per heavy atom. The zero-order valence-electron chi connectivity index (χ0n) is 16.4. The Hall–Kier alpha value is -2.82. The minimum absolute atomic E-state index is 0.444. The van der Waals surface area contributed by atoms with Gasteiger partial charge in [0, 0.05) is 11.1 Å². The van der Waals surface area contributed by atoms with Crippen LogP contribution in [0.25, 0.3) is 0 Å². The van der Waals surface area contributed by atoms with Gasteiger partial charge in [0.1, 0.15) is 11.5 Å². The molecule has 3 aromatic rings. The van der Waals surface area contributed by atoms with Gasteiger partial charge in [-0.15, -0.1) is 0 Å². The molecule has 0 atom stereocenters. The zero-order chi connectivity index (χ0) is 19.6. The molecule has 0 unspecified atom stereocenters. The Morgan fingerprint density at radius 2 is 0.929 bits per heavy atom. The summed E-state index contributed by atoms with van der Waals surface area (Å²) in [6.07, 6.45) is 0. The number of benzene rings is 3. The number of hydrogen-bond acceptors (Lipinski definition) is 4. The molecule has 0 saturated carbocycles. The molecule has 0 amide bonds. The second-order valence-electron chi connectivity index (χ2n) is 6.43. The van der Waals surface area contributed by atoms with Crippen molar-refractivity contribution in [3.05, 3.63) is 95.1 Å². The highest BCUT2D eigenvalue weighted by molar-refractivity contribution is 5.46. The first-order valence-electron chi connectivity index (χ1n) is 9.27. The Kier molecular flexibility index (Phi) is 7.47. The molecule has 0 aliphatic rings. The minimum Gasteiger partial charge on any atom is -0.496 e. The molecular weight excluding hydrogens is 352 g/mol. The van der Waals surface area contributed by atoms with Crippen LogP contribution in [0.3, 0.4) is 0 Å². The average molecular weight is 378 g/mol. The van der Waals surface area contributed by atoms with E-state index in [1.807, 2.05) is 72.8 Å². The van der Waals surface area contributed by atoms with Crippen LogP contribution in [0.2, 0.25) is 0 Å². The SMILES string of the molecule is COc1cc(COCc2ccccc2)c(OC)cc1COCc1ccccc1. The van der Waals surface area contributed by atoms with E-state index >= 15 is 0 Å². The fraction of sp³-hybridized carbons (Fsp3) is 0.250. The minimum atomic E-state index is 0.444. The Balaban J connectivity index is 1.63. The van der Waals surface area contributed by atoms with Gasteiger partial charge in [0.15, 0.2) is 0 Å². The van der Waals surface area contributed by atoms with Crippen molar-refractivity contribution in [3.63, 3.8) is 0 Å². The quantitative estimate of drug-likeness (QED) is 0.490. The summed E-state index contributed by atoms with van der Waals surface area (Å²) in [5.41, 5.74) is 4.17. The zero-order valence-corrected chi connectivity index (χ0v) is 16.4. The molecule has 3 aromatic carbocycles. The van der Waals surface area contributed by atoms with Crippen molar-refractivity contribution < 1.29 is 18.9 Å². The Bertz CT molecular complexity index is 774.